The molecule has 8 heteroatoms. The fourth-order valence-corrected chi connectivity index (χ4v) is 4.37. The van der Waals surface area contributed by atoms with E-state index in [1.165, 1.54) is 0 Å². The number of hydrogen-bond acceptors (Lipinski definition) is 4. The zero-order valence-electron chi connectivity index (χ0n) is 15.9. The quantitative estimate of drug-likeness (QED) is 0.577. The van der Waals surface area contributed by atoms with Crippen LogP contribution in [0.2, 0.25) is 5.02 Å². The third-order valence-corrected chi connectivity index (χ3v) is 6.07. The van der Waals surface area contributed by atoms with Gasteiger partial charge in [-0.05, 0) is 31.4 Å². The van der Waals surface area contributed by atoms with E-state index in [4.69, 9.17) is 21.1 Å². The lowest BCUT2D eigenvalue weighted by molar-refractivity contribution is -0.0354. The molecule has 1 aliphatic heterocycles. The van der Waals surface area contributed by atoms with Crippen LogP contribution in [0.5, 0.6) is 11.5 Å². The van der Waals surface area contributed by atoms with Gasteiger partial charge in [0.05, 0.1) is 30.6 Å². The van der Waals surface area contributed by atoms with E-state index >= 15 is 0 Å². The number of fused-ring (bicyclic) bond motifs is 2. The zero-order chi connectivity index (χ0) is 20.0. The highest BCUT2D eigenvalue weighted by Gasteiger charge is 2.46. The summed E-state index contributed by atoms with van der Waals surface area (Å²) in [5.41, 5.74) is 2.16. The highest BCUT2D eigenvalue weighted by Crippen LogP contribution is 2.49. The lowest BCUT2D eigenvalue weighted by Gasteiger charge is -2.48. The Morgan fingerprint density at radius 2 is 2.21 bits per heavy atom. The normalized spacial score (nSPS) is 19.2. The first-order valence-electron chi connectivity index (χ1n) is 9.62. The van der Waals surface area contributed by atoms with Crippen LogP contribution >= 0.6 is 11.6 Å². The number of carbonyl (C=O) groups excluding carboxylic acids is 1. The zero-order valence-corrected chi connectivity index (χ0v) is 16.7. The first-order chi connectivity index (χ1) is 14.0. The molecule has 2 aromatic carbocycles. The summed E-state index contributed by atoms with van der Waals surface area (Å²) >= 11 is 6.16. The van der Waals surface area contributed by atoms with E-state index in [2.05, 4.69) is 20.8 Å². The van der Waals surface area contributed by atoms with Crippen LogP contribution in [-0.2, 0) is 0 Å². The molecule has 2 heterocycles. The lowest BCUT2D eigenvalue weighted by atomic mass is 9.73. The Labute approximate surface area is 172 Å². The third kappa shape index (κ3) is 3.25. The van der Waals surface area contributed by atoms with E-state index in [0.29, 0.717) is 16.5 Å². The van der Waals surface area contributed by atoms with Gasteiger partial charge in [0.1, 0.15) is 17.1 Å². The van der Waals surface area contributed by atoms with E-state index in [1.807, 2.05) is 24.3 Å². The largest absolute Gasteiger partial charge is 0.497 e. The molecule has 3 N–H and O–H groups in total. The summed E-state index contributed by atoms with van der Waals surface area (Å²) in [7, 11) is 1.59. The standard InChI is InChI=1S/C21H21ClN4O3/c1-28-13-8-16(15-11-23-26-17(15)9-13)24-20(27)25-18-10-21(5-2-6-21)29-19-7-12(22)3-4-14(18)19/h3-4,7-9,11,18H,2,5-6,10H2,1H3,(H,23,26)(H2,24,25,27). The molecule has 3 aromatic rings. The second-order valence-electron chi connectivity index (χ2n) is 7.68. The molecule has 5 rings (SSSR count). The number of H-pyrrole nitrogens is 1. The maximum atomic E-state index is 12.9. The number of nitrogens with one attached hydrogen (secondary N) is 3. The number of halogens is 1. The second kappa shape index (κ2) is 6.84. The maximum Gasteiger partial charge on any atom is 0.319 e. The Morgan fingerprint density at radius 1 is 1.34 bits per heavy atom. The number of hydrogen-bond donors (Lipinski definition) is 3. The molecule has 1 fully saturated rings. The van der Waals surface area contributed by atoms with Crippen LogP contribution < -0.4 is 20.1 Å². The Balaban J connectivity index is 1.40. The molecular weight excluding hydrogens is 392 g/mol. The number of anilines is 1. The number of rotatable bonds is 3. The number of urea groups is 1. The molecule has 7 nitrogen and oxygen atoms in total. The van der Waals surface area contributed by atoms with Crippen LogP contribution in [0.1, 0.15) is 37.3 Å². The number of benzene rings is 2. The number of amides is 2. The van der Waals surface area contributed by atoms with Crippen molar-refractivity contribution >= 4 is 34.2 Å². The van der Waals surface area contributed by atoms with Gasteiger partial charge in [-0.15, -0.1) is 0 Å². The van der Waals surface area contributed by atoms with Crippen LogP contribution in [-0.4, -0.2) is 28.9 Å². The monoisotopic (exact) mass is 412 g/mol. The molecule has 29 heavy (non-hydrogen) atoms. The molecule has 150 valence electrons. The lowest BCUT2D eigenvalue weighted by Crippen LogP contribution is -2.50. The van der Waals surface area contributed by atoms with E-state index < -0.39 is 0 Å². The number of aromatic amines is 1. The van der Waals surface area contributed by atoms with Gasteiger partial charge in [0.2, 0.25) is 0 Å². The highest BCUT2D eigenvalue weighted by molar-refractivity contribution is 6.30. The van der Waals surface area contributed by atoms with Gasteiger partial charge in [-0.1, -0.05) is 17.7 Å². The summed E-state index contributed by atoms with van der Waals surface area (Å²) in [6.07, 6.45) is 5.54. The summed E-state index contributed by atoms with van der Waals surface area (Å²) < 4.78 is 11.6. The van der Waals surface area contributed by atoms with Crippen LogP contribution in [0, 0.1) is 0 Å². The maximum absolute atomic E-state index is 12.9. The Kier molecular flexibility index (Phi) is 4.28. The fraction of sp³-hybridized carbons (Fsp3) is 0.333. The minimum Gasteiger partial charge on any atom is -0.497 e. The minimum atomic E-state index is -0.289. The third-order valence-electron chi connectivity index (χ3n) is 5.84. The molecule has 2 aliphatic rings. The van der Waals surface area contributed by atoms with Gasteiger partial charge in [-0.3, -0.25) is 5.10 Å². The summed E-state index contributed by atoms with van der Waals surface area (Å²) in [6.45, 7) is 0. The first kappa shape index (κ1) is 18.1. The number of aromatic nitrogens is 2. The van der Waals surface area contributed by atoms with Crippen molar-refractivity contribution in [3.8, 4) is 11.5 Å². The minimum absolute atomic E-state index is 0.151. The molecule has 1 unspecified atom stereocenters. The number of methoxy groups -OCH3 is 1. The predicted molar refractivity (Wildman–Crippen MR) is 111 cm³/mol. The van der Waals surface area contributed by atoms with Gasteiger partial charge >= 0.3 is 6.03 Å². The van der Waals surface area contributed by atoms with Crippen molar-refractivity contribution in [3.63, 3.8) is 0 Å². The van der Waals surface area contributed by atoms with E-state index in [0.717, 1.165) is 47.9 Å². The molecule has 1 spiro atoms. The number of carbonyl (C=O) groups is 1. The Hall–Kier alpha value is -2.93. The van der Waals surface area contributed by atoms with Gasteiger partial charge in [0.25, 0.3) is 0 Å². The van der Waals surface area contributed by atoms with Gasteiger partial charge in [0.15, 0.2) is 0 Å². The van der Waals surface area contributed by atoms with Crippen molar-refractivity contribution < 1.29 is 14.3 Å². The van der Waals surface area contributed by atoms with Crippen LogP contribution in [0.15, 0.2) is 36.5 Å². The molecule has 2 amide bonds. The topological polar surface area (TPSA) is 88.3 Å². The predicted octanol–water partition coefficient (Wildman–Crippen LogP) is 4.79. The van der Waals surface area contributed by atoms with Crippen LogP contribution in [0.3, 0.4) is 0 Å². The fourth-order valence-electron chi connectivity index (χ4n) is 4.21. The highest BCUT2D eigenvalue weighted by atomic mass is 35.5. The molecule has 0 radical (unpaired) electrons. The number of ether oxygens (including phenoxy) is 2. The Bertz CT molecular complexity index is 1090. The molecular formula is C21H21ClN4O3. The van der Waals surface area contributed by atoms with Gasteiger partial charge in [-0.25, -0.2) is 4.79 Å². The SMILES string of the molecule is COc1cc(NC(=O)NC2CC3(CCC3)Oc3cc(Cl)ccc32)c2cn[nH]c2c1. The van der Waals surface area contributed by atoms with Gasteiger partial charge in [-0.2, -0.15) is 5.10 Å². The van der Waals surface area contributed by atoms with Crippen molar-refractivity contribution in [1.29, 1.82) is 0 Å². The molecule has 0 saturated heterocycles. The second-order valence-corrected chi connectivity index (χ2v) is 8.12. The molecule has 1 atom stereocenters. The van der Waals surface area contributed by atoms with Crippen LogP contribution in [0.4, 0.5) is 10.5 Å². The average Bonchev–Trinajstić information content (AvgIpc) is 3.15. The van der Waals surface area contributed by atoms with E-state index in [9.17, 15) is 4.79 Å². The molecule has 1 aromatic heterocycles. The van der Waals surface area contributed by atoms with Gasteiger partial charge < -0.3 is 20.1 Å². The van der Waals surface area contributed by atoms with Crippen LogP contribution in [0.25, 0.3) is 10.9 Å². The van der Waals surface area contributed by atoms with Crippen molar-refractivity contribution in [2.24, 2.45) is 0 Å². The molecule has 0 bridgehead atoms. The number of nitrogens with zero attached hydrogens (tertiary/aromatic N) is 1. The van der Waals surface area contributed by atoms with Crippen molar-refractivity contribution in [1.82, 2.24) is 15.5 Å². The summed E-state index contributed by atoms with van der Waals surface area (Å²) in [5, 5.41) is 14.5. The first-order valence-corrected chi connectivity index (χ1v) is 10.0. The summed E-state index contributed by atoms with van der Waals surface area (Å²) in [5.74, 6) is 1.39. The molecule has 1 saturated carbocycles. The van der Waals surface area contributed by atoms with Gasteiger partial charge in [0, 0.05) is 34.5 Å². The van der Waals surface area contributed by atoms with Crippen molar-refractivity contribution in [2.45, 2.75) is 37.3 Å². The summed E-state index contributed by atoms with van der Waals surface area (Å²) in [6, 6.07) is 8.76. The van der Waals surface area contributed by atoms with E-state index in [1.54, 1.807) is 19.4 Å². The smallest absolute Gasteiger partial charge is 0.319 e. The van der Waals surface area contributed by atoms with Crippen molar-refractivity contribution in [3.05, 3.63) is 47.1 Å². The van der Waals surface area contributed by atoms with Crippen molar-refractivity contribution in [2.75, 3.05) is 12.4 Å². The molecule has 1 aliphatic carbocycles. The summed E-state index contributed by atoms with van der Waals surface area (Å²) in [4.78, 5) is 12.9. The van der Waals surface area contributed by atoms with E-state index in [-0.39, 0.29) is 17.7 Å². The average molecular weight is 413 g/mol. The Morgan fingerprint density at radius 3 is 2.97 bits per heavy atom.